The maximum atomic E-state index is 5.56. The van der Waals surface area contributed by atoms with Crippen LogP contribution in [-0.4, -0.2) is 19.1 Å². The largest absolute Gasteiger partial charge is 0.309 e. The average Bonchev–Trinajstić information content (AvgIpc) is 3.80. The van der Waals surface area contributed by atoms with Crippen LogP contribution >= 0.6 is 0 Å². The molecule has 9 aromatic carbocycles. The van der Waals surface area contributed by atoms with E-state index in [0.29, 0.717) is 5.82 Å². The number of hydrogen-bond donors (Lipinski definition) is 0. The fraction of sp³-hybridized carbons (Fsp3) is 0. The lowest BCUT2D eigenvalue weighted by atomic mass is 9.96. The van der Waals surface area contributed by atoms with E-state index >= 15 is 0 Å². The number of para-hydroxylation sites is 3. The summed E-state index contributed by atoms with van der Waals surface area (Å²) in [7, 11) is 0. The third-order valence-electron chi connectivity index (χ3n) is 11.7. The average molecular weight is 739 g/mol. The van der Waals surface area contributed by atoms with Crippen LogP contribution in [0.3, 0.4) is 0 Å². The number of aromatic nitrogens is 4. The normalized spacial score (nSPS) is 11.8. The van der Waals surface area contributed by atoms with Crippen molar-refractivity contribution in [3.05, 3.63) is 206 Å². The van der Waals surface area contributed by atoms with E-state index in [1.165, 1.54) is 43.4 Å². The first-order valence-electron chi connectivity index (χ1n) is 19.7. The summed E-state index contributed by atoms with van der Waals surface area (Å²) in [6.45, 7) is 0. The highest BCUT2D eigenvalue weighted by Crippen LogP contribution is 2.40. The highest BCUT2D eigenvalue weighted by atomic mass is 15.1. The topological polar surface area (TPSA) is 35.6 Å². The number of rotatable bonds is 5. The van der Waals surface area contributed by atoms with Crippen LogP contribution in [0, 0.1) is 0 Å². The second-order valence-electron chi connectivity index (χ2n) is 15.0. The second-order valence-corrected chi connectivity index (χ2v) is 15.0. The quantitative estimate of drug-likeness (QED) is 0.176. The fourth-order valence-electron chi connectivity index (χ4n) is 8.97. The number of benzene rings is 9. The smallest absolute Gasteiger partial charge is 0.162 e. The Morgan fingerprint density at radius 3 is 1.48 bits per heavy atom. The van der Waals surface area contributed by atoms with Crippen molar-refractivity contribution in [2.75, 3.05) is 0 Å². The molecule has 12 rings (SSSR count). The number of nitrogens with zero attached hydrogens (tertiary/aromatic N) is 4. The van der Waals surface area contributed by atoms with Gasteiger partial charge < -0.3 is 4.57 Å². The monoisotopic (exact) mass is 738 g/mol. The molecule has 0 saturated carbocycles. The van der Waals surface area contributed by atoms with Gasteiger partial charge in [-0.15, -0.1) is 0 Å². The van der Waals surface area contributed by atoms with Crippen LogP contribution in [0.15, 0.2) is 206 Å². The van der Waals surface area contributed by atoms with Crippen LogP contribution in [0.4, 0.5) is 0 Å². The van der Waals surface area contributed by atoms with Crippen molar-refractivity contribution in [1.82, 2.24) is 19.1 Å². The lowest BCUT2D eigenvalue weighted by Gasteiger charge is -2.15. The summed E-state index contributed by atoms with van der Waals surface area (Å²) in [5.74, 6) is 1.54. The van der Waals surface area contributed by atoms with Gasteiger partial charge >= 0.3 is 0 Å². The first kappa shape index (κ1) is 32.4. The van der Waals surface area contributed by atoms with E-state index in [9.17, 15) is 0 Å². The van der Waals surface area contributed by atoms with Crippen molar-refractivity contribution in [3.63, 3.8) is 0 Å². The van der Waals surface area contributed by atoms with Gasteiger partial charge in [-0.05, 0) is 106 Å². The van der Waals surface area contributed by atoms with E-state index in [1.54, 1.807) is 0 Å². The molecule has 58 heavy (non-hydrogen) atoms. The molecule has 3 aromatic heterocycles. The molecular formula is C54H34N4. The molecule has 0 atom stereocenters. The molecule has 0 radical (unpaired) electrons. The van der Waals surface area contributed by atoms with Gasteiger partial charge in [-0.2, -0.15) is 0 Å². The summed E-state index contributed by atoms with van der Waals surface area (Å²) in [6.07, 6.45) is 0. The Bertz CT molecular complexity index is 3450. The molecule has 0 bridgehead atoms. The Balaban J connectivity index is 1.15. The molecule has 4 heteroatoms. The minimum absolute atomic E-state index is 0.682. The van der Waals surface area contributed by atoms with Crippen LogP contribution in [0.25, 0.3) is 110 Å². The van der Waals surface area contributed by atoms with Gasteiger partial charge in [0.05, 0.1) is 27.6 Å². The van der Waals surface area contributed by atoms with Gasteiger partial charge in [-0.1, -0.05) is 133 Å². The minimum Gasteiger partial charge on any atom is -0.309 e. The van der Waals surface area contributed by atoms with Gasteiger partial charge in [-0.3, -0.25) is 4.57 Å². The minimum atomic E-state index is 0.682. The third kappa shape index (κ3) is 5.09. The molecule has 0 aliphatic heterocycles. The van der Waals surface area contributed by atoms with E-state index in [-0.39, 0.29) is 0 Å². The van der Waals surface area contributed by atoms with Gasteiger partial charge in [0.2, 0.25) is 0 Å². The zero-order valence-corrected chi connectivity index (χ0v) is 31.4. The van der Waals surface area contributed by atoms with Gasteiger partial charge in [-0.25, -0.2) is 9.97 Å². The zero-order valence-electron chi connectivity index (χ0n) is 31.4. The number of fused-ring (bicyclic) bond motifs is 8. The molecule has 0 saturated heterocycles. The van der Waals surface area contributed by atoms with Crippen molar-refractivity contribution in [2.24, 2.45) is 0 Å². The second kappa shape index (κ2) is 12.9. The molecule has 0 aliphatic rings. The summed E-state index contributed by atoms with van der Waals surface area (Å²) in [5.41, 5.74) is 12.1. The van der Waals surface area contributed by atoms with Gasteiger partial charge in [0, 0.05) is 38.2 Å². The maximum absolute atomic E-state index is 5.56. The summed E-state index contributed by atoms with van der Waals surface area (Å²) in [5, 5.41) is 8.22. The first-order chi connectivity index (χ1) is 28.7. The van der Waals surface area contributed by atoms with Gasteiger partial charge in [0.25, 0.3) is 0 Å². The molecule has 12 aromatic rings. The molecule has 0 fully saturated rings. The summed E-state index contributed by atoms with van der Waals surface area (Å²) in [6, 6.07) is 73.9. The van der Waals surface area contributed by atoms with Crippen molar-refractivity contribution in [2.45, 2.75) is 0 Å². The van der Waals surface area contributed by atoms with Crippen LogP contribution in [-0.2, 0) is 0 Å². The summed E-state index contributed by atoms with van der Waals surface area (Å²) < 4.78 is 4.76. The molecule has 3 heterocycles. The Kier molecular flexibility index (Phi) is 7.20. The Morgan fingerprint density at radius 1 is 0.293 bits per heavy atom. The van der Waals surface area contributed by atoms with Crippen molar-refractivity contribution >= 4 is 65.3 Å². The van der Waals surface area contributed by atoms with E-state index in [0.717, 1.165) is 61.3 Å². The molecule has 0 aliphatic carbocycles. The van der Waals surface area contributed by atoms with E-state index in [1.807, 2.05) is 0 Å². The van der Waals surface area contributed by atoms with Crippen molar-refractivity contribution in [1.29, 1.82) is 0 Å². The van der Waals surface area contributed by atoms with Crippen molar-refractivity contribution < 1.29 is 0 Å². The van der Waals surface area contributed by atoms with E-state index < -0.39 is 0 Å². The predicted octanol–water partition coefficient (Wildman–Crippen LogP) is 14.0. The lowest BCUT2D eigenvalue weighted by molar-refractivity contribution is 1.07. The van der Waals surface area contributed by atoms with E-state index in [4.69, 9.17) is 9.97 Å². The van der Waals surface area contributed by atoms with Crippen LogP contribution in [0.5, 0.6) is 0 Å². The van der Waals surface area contributed by atoms with Crippen LogP contribution in [0.1, 0.15) is 0 Å². The van der Waals surface area contributed by atoms with Gasteiger partial charge in [0.15, 0.2) is 5.82 Å². The van der Waals surface area contributed by atoms with Crippen LogP contribution in [0.2, 0.25) is 0 Å². The molecule has 270 valence electrons. The maximum Gasteiger partial charge on any atom is 0.162 e. The summed E-state index contributed by atoms with van der Waals surface area (Å²) >= 11 is 0. The zero-order chi connectivity index (χ0) is 38.2. The molecule has 0 unspecified atom stereocenters. The van der Waals surface area contributed by atoms with E-state index in [2.05, 4.69) is 215 Å². The molecule has 0 spiro atoms. The van der Waals surface area contributed by atoms with Crippen molar-refractivity contribution in [3.8, 4) is 45.1 Å². The Labute approximate surface area is 334 Å². The predicted molar refractivity (Wildman–Crippen MR) is 242 cm³/mol. The highest BCUT2D eigenvalue weighted by Gasteiger charge is 2.21. The van der Waals surface area contributed by atoms with Gasteiger partial charge in [0.1, 0.15) is 5.82 Å². The molecular weight excluding hydrogens is 705 g/mol. The Hall–Kier alpha value is -7.82. The lowest BCUT2D eigenvalue weighted by Crippen LogP contribution is -2.03. The SMILES string of the molecule is c1ccc(-c2cc(-c3ccccc3)cc(-c3nc(-n4c5ccc(-n6c7ccccc7c7ccccc76)cc5c5cc6ccccc6cc54)c4ccccc4n3)c2)cc1. The fourth-order valence-corrected chi connectivity index (χ4v) is 8.97. The molecule has 0 N–H and O–H groups in total. The highest BCUT2D eigenvalue weighted by molar-refractivity contribution is 6.15. The Morgan fingerprint density at radius 2 is 0.810 bits per heavy atom. The van der Waals surface area contributed by atoms with Crippen LogP contribution < -0.4 is 0 Å². The third-order valence-corrected chi connectivity index (χ3v) is 11.7. The molecule has 4 nitrogen and oxygen atoms in total. The standard InChI is InChI=1S/C54H34N4/c1-3-15-35(16-4-1)39-29-40(36-17-5-2-6-18-36)31-41(30-39)53-55-48-24-12-9-23-45(48)54(56-53)58-51-28-27-42(34-47(51)46-32-37-19-7-8-20-38(37)33-52(46)58)57-49-25-13-10-21-43(49)44-22-11-14-26-50(44)57/h1-34H. The molecule has 0 amide bonds. The number of hydrogen-bond acceptors (Lipinski definition) is 2. The summed E-state index contributed by atoms with van der Waals surface area (Å²) in [4.78, 5) is 10.8. The first-order valence-corrected chi connectivity index (χ1v) is 19.7.